The lowest BCUT2D eigenvalue weighted by molar-refractivity contribution is 0.615. The lowest BCUT2D eigenvalue weighted by Gasteiger charge is -2.08. The molecule has 1 aromatic heterocycles. The number of aromatic nitrogens is 3. The Morgan fingerprint density at radius 3 is 2.90 bits per heavy atom. The van der Waals surface area contributed by atoms with Gasteiger partial charge in [0.05, 0.1) is 6.54 Å². The Morgan fingerprint density at radius 2 is 2.20 bits per heavy atom. The summed E-state index contributed by atoms with van der Waals surface area (Å²) in [6, 6.07) is 5.03. The van der Waals surface area contributed by atoms with Crippen molar-refractivity contribution in [2.24, 2.45) is 5.73 Å². The van der Waals surface area contributed by atoms with Gasteiger partial charge >= 0.3 is 0 Å². The van der Waals surface area contributed by atoms with Crippen molar-refractivity contribution < 1.29 is 4.39 Å². The maximum absolute atomic E-state index is 13.7. The van der Waals surface area contributed by atoms with Crippen molar-refractivity contribution >= 4 is 23.4 Å². The predicted molar refractivity (Wildman–Crippen MR) is 77.2 cm³/mol. The molecule has 1 aliphatic rings. The average molecular weight is 313 g/mol. The quantitative estimate of drug-likeness (QED) is 0.862. The number of benzene rings is 1. The van der Waals surface area contributed by atoms with E-state index in [-0.39, 0.29) is 5.82 Å². The normalized spacial score (nSPS) is 14.8. The summed E-state index contributed by atoms with van der Waals surface area (Å²) in [6.07, 6.45) is 2.26. The van der Waals surface area contributed by atoms with Crippen molar-refractivity contribution in [2.45, 2.75) is 36.3 Å². The Kier molecular flexibility index (Phi) is 3.96. The fraction of sp³-hybridized carbons (Fsp3) is 0.385. The van der Waals surface area contributed by atoms with E-state index in [1.54, 1.807) is 12.1 Å². The van der Waals surface area contributed by atoms with Gasteiger partial charge in [-0.25, -0.2) is 4.39 Å². The Morgan fingerprint density at radius 1 is 1.40 bits per heavy atom. The molecule has 0 saturated heterocycles. The van der Waals surface area contributed by atoms with Gasteiger partial charge in [0.1, 0.15) is 11.6 Å². The van der Waals surface area contributed by atoms with E-state index in [0.717, 1.165) is 23.8 Å². The number of hydrogen-bond acceptors (Lipinski definition) is 4. The minimum Gasteiger partial charge on any atom is -0.324 e. The van der Waals surface area contributed by atoms with Crippen molar-refractivity contribution in [1.29, 1.82) is 0 Å². The van der Waals surface area contributed by atoms with E-state index in [0.29, 0.717) is 28.9 Å². The monoisotopic (exact) mass is 312 g/mol. The summed E-state index contributed by atoms with van der Waals surface area (Å²) >= 11 is 7.35. The first-order valence-corrected chi connectivity index (χ1v) is 7.76. The van der Waals surface area contributed by atoms with Crippen LogP contribution in [0, 0.1) is 5.82 Å². The van der Waals surface area contributed by atoms with Crippen LogP contribution in [0.2, 0.25) is 5.02 Å². The van der Waals surface area contributed by atoms with Gasteiger partial charge in [-0.2, -0.15) is 0 Å². The standard InChI is InChI=1S/C13H14ClFN4S/c14-9-1-4-11(15)8(5-9)7-20-13-18-17-12(6-16)19(13)10-2-3-10/h1,4-5,10H,2-3,6-7,16H2. The molecule has 2 aromatic rings. The SMILES string of the molecule is NCc1nnc(SCc2cc(Cl)ccc2F)n1C1CC1. The van der Waals surface area contributed by atoms with Crippen LogP contribution >= 0.6 is 23.4 Å². The highest BCUT2D eigenvalue weighted by Crippen LogP contribution is 2.39. The van der Waals surface area contributed by atoms with Crippen molar-refractivity contribution in [3.05, 3.63) is 40.4 Å². The van der Waals surface area contributed by atoms with Crippen LogP contribution in [0.1, 0.15) is 30.3 Å². The van der Waals surface area contributed by atoms with Crippen LogP contribution < -0.4 is 5.73 Å². The van der Waals surface area contributed by atoms with Crippen molar-refractivity contribution in [3.8, 4) is 0 Å². The van der Waals surface area contributed by atoms with Crippen molar-refractivity contribution in [1.82, 2.24) is 14.8 Å². The van der Waals surface area contributed by atoms with E-state index < -0.39 is 0 Å². The summed E-state index contributed by atoms with van der Waals surface area (Å²) in [5, 5.41) is 9.59. The average Bonchev–Trinajstić information content (AvgIpc) is 3.20. The van der Waals surface area contributed by atoms with Gasteiger partial charge in [-0.05, 0) is 36.6 Å². The van der Waals surface area contributed by atoms with Gasteiger partial charge in [0, 0.05) is 16.8 Å². The number of rotatable bonds is 5. The van der Waals surface area contributed by atoms with E-state index in [1.165, 1.54) is 17.8 Å². The first-order chi connectivity index (χ1) is 9.69. The molecule has 20 heavy (non-hydrogen) atoms. The lowest BCUT2D eigenvalue weighted by atomic mass is 10.2. The molecule has 3 rings (SSSR count). The first-order valence-electron chi connectivity index (χ1n) is 6.39. The van der Waals surface area contributed by atoms with Crippen molar-refractivity contribution in [3.63, 3.8) is 0 Å². The van der Waals surface area contributed by atoms with Gasteiger partial charge in [-0.3, -0.25) is 0 Å². The molecule has 0 atom stereocenters. The highest BCUT2D eigenvalue weighted by molar-refractivity contribution is 7.98. The maximum atomic E-state index is 13.7. The second kappa shape index (κ2) is 5.71. The van der Waals surface area contributed by atoms with Gasteiger partial charge < -0.3 is 10.3 Å². The third-order valence-corrected chi connectivity index (χ3v) is 4.42. The number of nitrogens with zero attached hydrogens (tertiary/aromatic N) is 3. The van der Waals surface area contributed by atoms with Crippen LogP contribution in [0.3, 0.4) is 0 Å². The minimum absolute atomic E-state index is 0.251. The van der Waals surface area contributed by atoms with E-state index in [1.807, 2.05) is 0 Å². The van der Waals surface area contributed by atoms with Crippen LogP contribution in [0.15, 0.2) is 23.4 Å². The number of nitrogens with two attached hydrogens (primary N) is 1. The second-order valence-corrected chi connectivity index (χ2v) is 6.11. The smallest absolute Gasteiger partial charge is 0.191 e. The number of halogens is 2. The van der Waals surface area contributed by atoms with E-state index in [2.05, 4.69) is 14.8 Å². The molecule has 1 fully saturated rings. The third kappa shape index (κ3) is 2.82. The molecule has 0 unspecified atom stereocenters. The molecule has 4 nitrogen and oxygen atoms in total. The lowest BCUT2D eigenvalue weighted by Crippen LogP contribution is -2.08. The third-order valence-electron chi connectivity index (χ3n) is 3.19. The molecule has 7 heteroatoms. The summed E-state index contributed by atoms with van der Waals surface area (Å²) in [5.41, 5.74) is 6.24. The van der Waals surface area contributed by atoms with Crippen molar-refractivity contribution in [2.75, 3.05) is 0 Å². The fourth-order valence-corrected chi connectivity index (χ4v) is 3.23. The molecule has 0 amide bonds. The zero-order chi connectivity index (χ0) is 14.1. The molecule has 0 bridgehead atoms. The van der Waals surface area contributed by atoms with Crippen LogP contribution in [0.4, 0.5) is 4.39 Å². The second-order valence-electron chi connectivity index (χ2n) is 4.73. The molecule has 1 heterocycles. The Hall–Kier alpha value is -1.11. The first kappa shape index (κ1) is 13.9. The zero-order valence-electron chi connectivity index (χ0n) is 10.7. The van der Waals surface area contributed by atoms with Crippen LogP contribution in [-0.2, 0) is 12.3 Å². The van der Waals surface area contributed by atoms with Gasteiger partial charge in [0.15, 0.2) is 5.16 Å². The maximum Gasteiger partial charge on any atom is 0.191 e. The van der Waals surface area contributed by atoms with E-state index >= 15 is 0 Å². The van der Waals surface area contributed by atoms with E-state index in [9.17, 15) is 4.39 Å². The van der Waals surface area contributed by atoms with E-state index in [4.69, 9.17) is 17.3 Å². The highest BCUT2D eigenvalue weighted by atomic mass is 35.5. The predicted octanol–water partition coefficient (Wildman–Crippen LogP) is 3.16. The molecule has 0 radical (unpaired) electrons. The molecular formula is C13H14ClFN4S. The molecule has 0 spiro atoms. The van der Waals surface area contributed by atoms with Gasteiger partial charge in [-0.15, -0.1) is 10.2 Å². The van der Waals surface area contributed by atoms with Crippen LogP contribution in [-0.4, -0.2) is 14.8 Å². The molecule has 1 aliphatic carbocycles. The highest BCUT2D eigenvalue weighted by Gasteiger charge is 2.29. The number of hydrogen-bond donors (Lipinski definition) is 1. The van der Waals surface area contributed by atoms with Crippen LogP contribution in [0.5, 0.6) is 0 Å². The van der Waals surface area contributed by atoms with Gasteiger partial charge in [0.25, 0.3) is 0 Å². The van der Waals surface area contributed by atoms with Crippen LogP contribution in [0.25, 0.3) is 0 Å². The topological polar surface area (TPSA) is 56.7 Å². The van der Waals surface area contributed by atoms with Gasteiger partial charge in [-0.1, -0.05) is 23.4 Å². The minimum atomic E-state index is -0.251. The summed E-state index contributed by atoms with van der Waals surface area (Å²) in [4.78, 5) is 0. The number of thioether (sulfide) groups is 1. The summed E-state index contributed by atoms with van der Waals surface area (Å²) in [7, 11) is 0. The molecule has 1 saturated carbocycles. The Labute approximate surface area is 125 Å². The Balaban J connectivity index is 1.78. The molecule has 106 valence electrons. The Bertz CT molecular complexity index is 627. The molecule has 0 aliphatic heterocycles. The summed E-state index contributed by atoms with van der Waals surface area (Å²) in [6.45, 7) is 0.371. The molecular weight excluding hydrogens is 299 g/mol. The largest absolute Gasteiger partial charge is 0.324 e. The molecule has 2 N–H and O–H groups in total. The zero-order valence-corrected chi connectivity index (χ0v) is 12.3. The fourth-order valence-electron chi connectivity index (χ4n) is 2.04. The molecule has 1 aromatic carbocycles. The summed E-state index contributed by atoms with van der Waals surface area (Å²) < 4.78 is 15.8. The summed E-state index contributed by atoms with van der Waals surface area (Å²) in [5.74, 6) is 1.02. The van der Waals surface area contributed by atoms with Gasteiger partial charge in [0.2, 0.25) is 0 Å².